The van der Waals surface area contributed by atoms with Crippen molar-refractivity contribution in [1.29, 1.82) is 0 Å². The second kappa shape index (κ2) is 7.51. The Kier molecular flexibility index (Phi) is 5.04. The van der Waals surface area contributed by atoms with E-state index in [-0.39, 0.29) is 24.2 Å². The van der Waals surface area contributed by atoms with E-state index in [1.54, 1.807) is 42.0 Å². The Morgan fingerprint density at radius 3 is 2.69 bits per heavy atom. The number of rotatable bonds is 2. The Bertz CT molecular complexity index is 957. The van der Waals surface area contributed by atoms with Crippen LogP contribution in [0.3, 0.4) is 0 Å². The number of ether oxygens (including phenoxy) is 1. The minimum absolute atomic E-state index is 0.0463. The second-order valence-corrected chi connectivity index (χ2v) is 7.64. The van der Waals surface area contributed by atoms with E-state index in [1.807, 2.05) is 0 Å². The number of piperidine rings is 1. The van der Waals surface area contributed by atoms with E-state index in [2.05, 4.69) is 9.97 Å². The van der Waals surface area contributed by atoms with E-state index in [9.17, 15) is 14.0 Å². The number of nitrogens with zero attached hydrogens (tertiary/aromatic N) is 4. The average molecular weight is 398 g/mol. The summed E-state index contributed by atoms with van der Waals surface area (Å²) in [7, 11) is 0. The number of likely N-dealkylation sites (tertiary alicyclic amines) is 1. The highest BCUT2D eigenvalue weighted by Crippen LogP contribution is 2.33. The number of halogens is 1. The lowest BCUT2D eigenvalue weighted by Crippen LogP contribution is -2.59. The van der Waals surface area contributed by atoms with Crippen LogP contribution in [0, 0.1) is 19.7 Å². The van der Waals surface area contributed by atoms with Crippen LogP contribution in [0.2, 0.25) is 0 Å². The highest BCUT2D eigenvalue weighted by Gasteiger charge is 2.43. The molecule has 0 unspecified atom stereocenters. The molecule has 0 N–H and O–H groups in total. The number of amides is 2. The molecule has 29 heavy (non-hydrogen) atoms. The number of anilines is 1. The molecule has 2 aliphatic heterocycles. The molecule has 7 nitrogen and oxygen atoms in total. The molecular formula is C21H23FN4O3. The predicted octanol–water partition coefficient (Wildman–Crippen LogP) is 2.27. The van der Waals surface area contributed by atoms with Crippen LogP contribution in [-0.4, -0.2) is 58.5 Å². The zero-order chi connectivity index (χ0) is 20.6. The first-order valence-electron chi connectivity index (χ1n) is 9.66. The molecule has 1 aromatic heterocycles. The highest BCUT2D eigenvalue weighted by molar-refractivity contribution is 5.96. The summed E-state index contributed by atoms with van der Waals surface area (Å²) in [6.45, 7) is 4.92. The minimum atomic E-state index is -0.532. The van der Waals surface area contributed by atoms with Gasteiger partial charge in [-0.2, -0.15) is 0 Å². The van der Waals surface area contributed by atoms with Crippen molar-refractivity contribution in [3.8, 4) is 0 Å². The molecule has 0 saturated carbocycles. The van der Waals surface area contributed by atoms with Crippen LogP contribution >= 0.6 is 0 Å². The molecular weight excluding hydrogens is 375 g/mol. The SMILES string of the molecule is Cc1ncc(C(=O)N2CCC3(CC2)CN(c2cccc(F)c2)C(=O)CO3)c(C)n1. The average Bonchev–Trinajstić information content (AvgIpc) is 2.70. The van der Waals surface area contributed by atoms with Crippen LogP contribution in [-0.2, 0) is 9.53 Å². The van der Waals surface area contributed by atoms with Gasteiger partial charge in [0.1, 0.15) is 18.2 Å². The van der Waals surface area contributed by atoms with Crippen molar-refractivity contribution in [3.05, 3.63) is 53.4 Å². The van der Waals surface area contributed by atoms with E-state index in [0.29, 0.717) is 55.2 Å². The number of carbonyl (C=O) groups is 2. The fraction of sp³-hybridized carbons (Fsp3) is 0.429. The quantitative estimate of drug-likeness (QED) is 0.776. The maximum atomic E-state index is 13.6. The van der Waals surface area contributed by atoms with E-state index >= 15 is 0 Å². The first-order chi connectivity index (χ1) is 13.9. The van der Waals surface area contributed by atoms with Crippen molar-refractivity contribution < 1.29 is 18.7 Å². The molecule has 3 heterocycles. The predicted molar refractivity (Wildman–Crippen MR) is 104 cm³/mol. The number of aromatic nitrogens is 2. The third kappa shape index (κ3) is 3.85. The molecule has 8 heteroatoms. The summed E-state index contributed by atoms with van der Waals surface area (Å²) in [6.07, 6.45) is 2.78. The van der Waals surface area contributed by atoms with Crippen molar-refractivity contribution in [3.63, 3.8) is 0 Å². The summed E-state index contributed by atoms with van der Waals surface area (Å²) in [5.74, 6) is -0.0281. The normalized spacial score (nSPS) is 18.9. The number of carbonyl (C=O) groups excluding carboxylic acids is 2. The maximum absolute atomic E-state index is 13.6. The standard InChI is InChI=1S/C21H23FN4O3/c1-14-18(11-23-15(2)24-14)20(28)25-8-6-21(7-9-25)13-26(19(27)12-29-21)17-5-3-4-16(22)10-17/h3-5,10-11H,6-9,12-13H2,1-2H3. The van der Waals surface area contributed by atoms with E-state index in [4.69, 9.17) is 4.74 Å². The van der Waals surface area contributed by atoms with Crippen molar-refractivity contribution >= 4 is 17.5 Å². The fourth-order valence-corrected chi connectivity index (χ4v) is 3.98. The van der Waals surface area contributed by atoms with Gasteiger partial charge >= 0.3 is 0 Å². The summed E-state index contributed by atoms with van der Waals surface area (Å²) in [4.78, 5) is 37.0. The highest BCUT2D eigenvalue weighted by atomic mass is 19.1. The summed E-state index contributed by atoms with van der Waals surface area (Å²) in [5, 5.41) is 0. The summed E-state index contributed by atoms with van der Waals surface area (Å²) in [5.41, 5.74) is 1.17. The van der Waals surface area contributed by atoms with Gasteiger partial charge < -0.3 is 14.5 Å². The Balaban J connectivity index is 1.46. The molecule has 2 aliphatic rings. The molecule has 2 aromatic rings. The first-order valence-corrected chi connectivity index (χ1v) is 9.66. The number of hydrogen-bond acceptors (Lipinski definition) is 5. The monoisotopic (exact) mass is 398 g/mol. The number of aryl methyl sites for hydroxylation is 2. The fourth-order valence-electron chi connectivity index (χ4n) is 3.98. The van der Waals surface area contributed by atoms with Crippen LogP contribution < -0.4 is 4.90 Å². The van der Waals surface area contributed by atoms with Gasteiger partial charge in [0.05, 0.1) is 23.4 Å². The molecule has 2 fully saturated rings. The van der Waals surface area contributed by atoms with Gasteiger partial charge in [-0.15, -0.1) is 0 Å². The van der Waals surface area contributed by atoms with Crippen molar-refractivity contribution in [2.45, 2.75) is 32.3 Å². The van der Waals surface area contributed by atoms with Gasteiger partial charge in [-0.05, 0) is 44.9 Å². The van der Waals surface area contributed by atoms with E-state index in [0.717, 1.165) is 0 Å². The van der Waals surface area contributed by atoms with Crippen molar-refractivity contribution in [2.24, 2.45) is 0 Å². The van der Waals surface area contributed by atoms with Crippen LogP contribution in [0.15, 0.2) is 30.5 Å². The second-order valence-electron chi connectivity index (χ2n) is 7.64. The molecule has 0 bridgehead atoms. The largest absolute Gasteiger partial charge is 0.363 e. The lowest BCUT2D eigenvalue weighted by atomic mass is 9.88. The number of hydrogen-bond donors (Lipinski definition) is 0. The number of morpholine rings is 1. The Morgan fingerprint density at radius 1 is 1.24 bits per heavy atom. The minimum Gasteiger partial charge on any atom is -0.363 e. The van der Waals surface area contributed by atoms with Crippen LogP contribution in [0.25, 0.3) is 0 Å². The van der Waals surface area contributed by atoms with Gasteiger partial charge in [0.15, 0.2) is 0 Å². The Morgan fingerprint density at radius 2 is 2.00 bits per heavy atom. The third-order valence-corrected chi connectivity index (χ3v) is 5.66. The first kappa shape index (κ1) is 19.4. The summed E-state index contributed by atoms with van der Waals surface area (Å²) < 4.78 is 19.5. The Labute approximate surface area is 168 Å². The summed E-state index contributed by atoms with van der Waals surface area (Å²) >= 11 is 0. The summed E-state index contributed by atoms with van der Waals surface area (Å²) in [6, 6.07) is 6.02. The molecule has 0 aliphatic carbocycles. The zero-order valence-corrected chi connectivity index (χ0v) is 16.5. The molecule has 0 atom stereocenters. The number of benzene rings is 1. The molecule has 2 saturated heterocycles. The molecule has 2 amide bonds. The maximum Gasteiger partial charge on any atom is 0.257 e. The van der Waals surface area contributed by atoms with Crippen molar-refractivity contribution in [1.82, 2.24) is 14.9 Å². The molecule has 4 rings (SSSR count). The zero-order valence-electron chi connectivity index (χ0n) is 16.5. The topological polar surface area (TPSA) is 75.6 Å². The third-order valence-electron chi connectivity index (χ3n) is 5.66. The van der Waals surface area contributed by atoms with Gasteiger partial charge in [-0.1, -0.05) is 6.07 Å². The smallest absolute Gasteiger partial charge is 0.257 e. The van der Waals surface area contributed by atoms with Gasteiger partial charge in [0.2, 0.25) is 0 Å². The van der Waals surface area contributed by atoms with Crippen LogP contribution in [0.5, 0.6) is 0 Å². The van der Waals surface area contributed by atoms with Crippen LogP contribution in [0.4, 0.5) is 10.1 Å². The molecule has 152 valence electrons. The van der Waals surface area contributed by atoms with Crippen LogP contribution in [0.1, 0.15) is 34.7 Å². The van der Waals surface area contributed by atoms with Gasteiger partial charge in [0.25, 0.3) is 11.8 Å². The lowest BCUT2D eigenvalue weighted by molar-refractivity contribution is -0.143. The van der Waals surface area contributed by atoms with Gasteiger partial charge in [0, 0.05) is 25.0 Å². The van der Waals surface area contributed by atoms with Gasteiger partial charge in [-0.25, -0.2) is 14.4 Å². The van der Waals surface area contributed by atoms with E-state index in [1.165, 1.54) is 12.1 Å². The molecule has 1 aromatic carbocycles. The lowest BCUT2D eigenvalue weighted by Gasteiger charge is -2.47. The molecule has 0 radical (unpaired) electrons. The Hall–Kier alpha value is -2.87. The molecule has 1 spiro atoms. The van der Waals surface area contributed by atoms with Crippen molar-refractivity contribution in [2.75, 3.05) is 31.1 Å². The van der Waals surface area contributed by atoms with Gasteiger partial charge in [-0.3, -0.25) is 9.59 Å². The van der Waals surface area contributed by atoms with E-state index < -0.39 is 5.60 Å².